The minimum Gasteiger partial charge on any atom is -0.488 e. The zero-order valence-corrected chi connectivity index (χ0v) is 24.3. The van der Waals surface area contributed by atoms with Gasteiger partial charge in [-0.05, 0) is 54.2 Å². The highest BCUT2D eigenvalue weighted by molar-refractivity contribution is 7.91. The Labute approximate surface area is 238 Å². The Kier molecular flexibility index (Phi) is 8.44. The van der Waals surface area contributed by atoms with E-state index < -0.39 is 15.8 Å². The van der Waals surface area contributed by atoms with Crippen LogP contribution in [-0.2, 0) is 27.8 Å². The van der Waals surface area contributed by atoms with Crippen molar-refractivity contribution in [3.63, 3.8) is 0 Å². The van der Waals surface area contributed by atoms with Crippen LogP contribution >= 0.6 is 11.3 Å². The standard InChI is InChI=1S/C29H34FN3O5S2/c1-19-13-21(16-32-9-11-40(36,37)12-10-32)3-4-22(19)17-38-27-6-5-23(30)14-25(27)26-18-39-29(31-26)33-8-7-24(28(34)35)20(2)15-33/h3-6,13-14,18,20,24H,7-12,15-17H2,1-2H3,(H,34,35). The zero-order chi connectivity index (χ0) is 28.4. The van der Waals surface area contributed by atoms with Crippen LogP contribution in [0.15, 0.2) is 41.8 Å². The third-order valence-corrected chi connectivity index (χ3v) is 10.3. The smallest absolute Gasteiger partial charge is 0.306 e. The molecular formula is C29H34FN3O5S2. The lowest BCUT2D eigenvalue weighted by Crippen LogP contribution is -2.42. The molecular weight excluding hydrogens is 553 g/mol. The topological polar surface area (TPSA) is 100 Å². The van der Waals surface area contributed by atoms with Crippen molar-refractivity contribution in [2.75, 3.05) is 42.6 Å². The summed E-state index contributed by atoms with van der Waals surface area (Å²) < 4.78 is 43.9. The normalized spacial score (nSPS) is 21.3. The molecule has 0 radical (unpaired) electrons. The molecule has 0 spiro atoms. The first-order valence-electron chi connectivity index (χ1n) is 13.4. The number of ether oxygens (including phenoxy) is 1. The molecule has 2 aromatic carbocycles. The summed E-state index contributed by atoms with van der Waals surface area (Å²) >= 11 is 1.46. The molecule has 8 nitrogen and oxygen atoms in total. The number of carboxylic acids is 1. The van der Waals surface area contributed by atoms with Gasteiger partial charge in [0.05, 0.1) is 23.1 Å². The van der Waals surface area contributed by atoms with Gasteiger partial charge in [0.15, 0.2) is 15.0 Å². The molecule has 2 aliphatic rings. The molecule has 2 atom stereocenters. The summed E-state index contributed by atoms with van der Waals surface area (Å²) in [6.07, 6.45) is 0.567. The maximum Gasteiger partial charge on any atom is 0.306 e. The van der Waals surface area contributed by atoms with E-state index in [9.17, 15) is 22.7 Å². The third-order valence-electron chi connectivity index (χ3n) is 7.84. The number of benzene rings is 2. The van der Waals surface area contributed by atoms with Crippen molar-refractivity contribution in [3.8, 4) is 17.0 Å². The number of aliphatic carboxylic acids is 1. The maximum absolute atomic E-state index is 14.3. The number of hydrogen-bond acceptors (Lipinski definition) is 8. The zero-order valence-electron chi connectivity index (χ0n) is 22.7. The number of rotatable bonds is 8. The minimum absolute atomic E-state index is 0.0114. The van der Waals surface area contributed by atoms with Gasteiger partial charge < -0.3 is 14.7 Å². The predicted molar refractivity (Wildman–Crippen MR) is 154 cm³/mol. The lowest BCUT2D eigenvalue weighted by atomic mass is 9.87. The van der Waals surface area contributed by atoms with Gasteiger partial charge in [0.1, 0.15) is 18.2 Å². The van der Waals surface area contributed by atoms with E-state index in [1.165, 1.54) is 23.5 Å². The van der Waals surface area contributed by atoms with Crippen LogP contribution in [0.1, 0.15) is 30.0 Å². The third kappa shape index (κ3) is 6.64. The van der Waals surface area contributed by atoms with Crippen LogP contribution in [0, 0.1) is 24.6 Å². The molecule has 0 aliphatic carbocycles. The van der Waals surface area contributed by atoms with E-state index in [-0.39, 0.29) is 29.2 Å². The molecule has 11 heteroatoms. The highest BCUT2D eigenvalue weighted by Gasteiger charge is 2.32. The number of halogens is 1. The maximum atomic E-state index is 14.3. The van der Waals surface area contributed by atoms with Crippen molar-refractivity contribution >= 4 is 32.3 Å². The van der Waals surface area contributed by atoms with Crippen molar-refractivity contribution in [2.24, 2.45) is 11.8 Å². The second kappa shape index (κ2) is 11.8. The highest BCUT2D eigenvalue weighted by Crippen LogP contribution is 2.36. The molecule has 2 fully saturated rings. The van der Waals surface area contributed by atoms with E-state index in [4.69, 9.17) is 9.72 Å². The Morgan fingerprint density at radius 3 is 2.65 bits per heavy atom. The molecule has 0 amide bonds. The summed E-state index contributed by atoms with van der Waals surface area (Å²) in [6, 6.07) is 10.6. The number of hydrogen-bond donors (Lipinski definition) is 1. The minimum atomic E-state index is -2.90. The molecule has 5 rings (SSSR count). The molecule has 2 aliphatic heterocycles. The molecule has 40 heavy (non-hydrogen) atoms. The summed E-state index contributed by atoms with van der Waals surface area (Å²) in [5, 5.41) is 12.1. The molecule has 2 saturated heterocycles. The Morgan fingerprint density at radius 1 is 1.18 bits per heavy atom. The lowest BCUT2D eigenvalue weighted by Gasteiger charge is -2.34. The number of aromatic nitrogens is 1. The number of carbonyl (C=O) groups is 1. The number of carboxylic acid groups (broad SMARTS) is 1. The van der Waals surface area contributed by atoms with Gasteiger partial charge in [-0.1, -0.05) is 25.1 Å². The predicted octanol–water partition coefficient (Wildman–Crippen LogP) is 4.61. The quantitative estimate of drug-likeness (QED) is 0.408. The first-order valence-corrected chi connectivity index (χ1v) is 16.2. The first-order chi connectivity index (χ1) is 19.1. The number of thiazole rings is 1. The van der Waals surface area contributed by atoms with Crippen LogP contribution in [0.25, 0.3) is 11.3 Å². The van der Waals surface area contributed by atoms with Crippen molar-refractivity contribution < 1.29 is 27.4 Å². The average molecular weight is 588 g/mol. The van der Waals surface area contributed by atoms with Gasteiger partial charge in [-0.2, -0.15) is 0 Å². The number of piperidine rings is 1. The van der Waals surface area contributed by atoms with Gasteiger partial charge in [-0.3, -0.25) is 9.69 Å². The molecule has 0 bridgehead atoms. The van der Waals surface area contributed by atoms with Crippen LogP contribution in [0.3, 0.4) is 0 Å². The van der Waals surface area contributed by atoms with Crippen LogP contribution in [0.2, 0.25) is 0 Å². The molecule has 2 unspecified atom stereocenters. The van der Waals surface area contributed by atoms with Gasteiger partial charge >= 0.3 is 5.97 Å². The van der Waals surface area contributed by atoms with Crippen LogP contribution in [0.4, 0.5) is 9.52 Å². The van der Waals surface area contributed by atoms with Crippen molar-refractivity contribution in [1.82, 2.24) is 9.88 Å². The molecule has 214 valence electrons. The van der Waals surface area contributed by atoms with Gasteiger partial charge in [0, 0.05) is 43.7 Å². The van der Waals surface area contributed by atoms with E-state index in [0.717, 1.165) is 21.8 Å². The second-order valence-electron chi connectivity index (χ2n) is 10.8. The fraction of sp³-hybridized carbons (Fsp3) is 0.448. The van der Waals surface area contributed by atoms with E-state index in [0.29, 0.717) is 62.8 Å². The number of sulfone groups is 1. The van der Waals surface area contributed by atoms with Crippen LogP contribution in [-0.4, -0.2) is 67.1 Å². The lowest BCUT2D eigenvalue weighted by molar-refractivity contribution is -0.144. The van der Waals surface area contributed by atoms with Gasteiger partial charge in [0.2, 0.25) is 0 Å². The summed E-state index contributed by atoms with van der Waals surface area (Å²) in [6.45, 7) is 7.33. The molecule has 1 aromatic heterocycles. The van der Waals surface area contributed by atoms with E-state index >= 15 is 0 Å². The molecule has 0 saturated carbocycles. The average Bonchev–Trinajstić information content (AvgIpc) is 3.40. The Morgan fingerprint density at radius 2 is 1.95 bits per heavy atom. The van der Waals surface area contributed by atoms with Crippen molar-refractivity contribution in [3.05, 3.63) is 64.3 Å². The fourth-order valence-corrected chi connectivity index (χ4v) is 7.53. The molecule has 1 N–H and O–H groups in total. The highest BCUT2D eigenvalue weighted by atomic mass is 32.2. The number of nitrogens with zero attached hydrogens (tertiary/aromatic N) is 3. The Bertz CT molecular complexity index is 1480. The van der Waals surface area contributed by atoms with Gasteiger partial charge in [-0.25, -0.2) is 17.8 Å². The van der Waals surface area contributed by atoms with Crippen LogP contribution < -0.4 is 9.64 Å². The fourth-order valence-electron chi connectivity index (χ4n) is 5.39. The second-order valence-corrected chi connectivity index (χ2v) is 13.9. The Balaban J connectivity index is 1.25. The summed E-state index contributed by atoms with van der Waals surface area (Å²) in [4.78, 5) is 20.5. The summed E-state index contributed by atoms with van der Waals surface area (Å²) in [7, 11) is -2.90. The van der Waals surface area contributed by atoms with Crippen molar-refractivity contribution in [1.29, 1.82) is 0 Å². The van der Waals surface area contributed by atoms with Crippen molar-refractivity contribution in [2.45, 2.75) is 33.4 Å². The number of anilines is 1. The van der Waals surface area contributed by atoms with Crippen LogP contribution in [0.5, 0.6) is 5.75 Å². The summed E-state index contributed by atoms with van der Waals surface area (Å²) in [5.74, 6) is -0.509. The monoisotopic (exact) mass is 587 g/mol. The SMILES string of the molecule is Cc1cc(CN2CCS(=O)(=O)CC2)ccc1COc1ccc(F)cc1-c1csc(N2CCC(C(=O)O)C(C)C2)n1. The number of aryl methyl sites for hydroxylation is 1. The van der Waals surface area contributed by atoms with E-state index in [1.807, 2.05) is 31.4 Å². The van der Waals surface area contributed by atoms with Gasteiger partial charge in [-0.15, -0.1) is 11.3 Å². The Hall–Kier alpha value is -3.02. The largest absolute Gasteiger partial charge is 0.488 e. The van der Waals surface area contributed by atoms with E-state index in [2.05, 4.69) is 15.9 Å². The molecule has 3 aromatic rings. The van der Waals surface area contributed by atoms with E-state index in [1.54, 1.807) is 6.07 Å². The first kappa shape index (κ1) is 28.5. The molecule has 3 heterocycles. The summed E-state index contributed by atoms with van der Waals surface area (Å²) in [5.41, 5.74) is 4.40. The van der Waals surface area contributed by atoms with Gasteiger partial charge in [0.25, 0.3) is 0 Å².